The summed E-state index contributed by atoms with van der Waals surface area (Å²) in [5.41, 5.74) is 1.35. The Bertz CT molecular complexity index is 404. The number of nitrogens with zero attached hydrogens (tertiary/aromatic N) is 2. The molecule has 0 aromatic heterocycles. The van der Waals surface area contributed by atoms with Gasteiger partial charge in [-0.1, -0.05) is 30.3 Å². The second kappa shape index (κ2) is 5.53. The number of piperazine rings is 1. The summed E-state index contributed by atoms with van der Waals surface area (Å²) in [5.74, 6) is 0.189. The largest absolute Gasteiger partial charge is 0.340 e. The third-order valence-corrected chi connectivity index (χ3v) is 3.90. The molecule has 2 atom stereocenters. The third kappa shape index (κ3) is 2.72. The van der Waals surface area contributed by atoms with Crippen molar-refractivity contribution < 1.29 is 4.79 Å². The fourth-order valence-electron chi connectivity index (χ4n) is 2.76. The monoisotopic (exact) mass is 246 g/mol. The Labute approximate surface area is 109 Å². The molecule has 98 valence electrons. The van der Waals surface area contributed by atoms with E-state index in [4.69, 9.17) is 0 Å². The van der Waals surface area contributed by atoms with Crippen molar-refractivity contribution in [3.05, 3.63) is 35.9 Å². The van der Waals surface area contributed by atoms with Crippen molar-refractivity contribution in [1.29, 1.82) is 0 Å². The van der Waals surface area contributed by atoms with Crippen molar-refractivity contribution in [2.45, 2.75) is 32.9 Å². The van der Waals surface area contributed by atoms with Gasteiger partial charge in [-0.05, 0) is 19.4 Å². The summed E-state index contributed by atoms with van der Waals surface area (Å²) in [5, 5.41) is 0. The summed E-state index contributed by atoms with van der Waals surface area (Å²) in [6, 6.07) is 11.4. The Morgan fingerprint density at radius 1 is 1.28 bits per heavy atom. The Balaban J connectivity index is 2.05. The molecule has 1 aliphatic rings. The molecular weight excluding hydrogens is 224 g/mol. The van der Waals surface area contributed by atoms with Crippen molar-refractivity contribution in [3.8, 4) is 0 Å². The molecule has 1 saturated heterocycles. The Morgan fingerprint density at radius 3 is 2.50 bits per heavy atom. The predicted octanol–water partition coefficient (Wildman–Crippen LogP) is 2.30. The minimum absolute atomic E-state index is 0.189. The molecular formula is C15H22N2O. The summed E-state index contributed by atoms with van der Waals surface area (Å²) in [6.07, 6.45) is 0. The van der Waals surface area contributed by atoms with E-state index in [1.54, 1.807) is 6.92 Å². The quantitative estimate of drug-likeness (QED) is 0.799. The Kier molecular flexibility index (Phi) is 4.02. The molecule has 0 saturated carbocycles. The molecule has 0 unspecified atom stereocenters. The number of benzene rings is 1. The van der Waals surface area contributed by atoms with E-state index >= 15 is 0 Å². The summed E-state index contributed by atoms with van der Waals surface area (Å²) in [7, 11) is 0. The highest BCUT2D eigenvalue weighted by atomic mass is 16.2. The molecule has 1 aromatic rings. The Hall–Kier alpha value is -1.35. The summed E-state index contributed by atoms with van der Waals surface area (Å²) >= 11 is 0. The maximum Gasteiger partial charge on any atom is 0.219 e. The lowest BCUT2D eigenvalue weighted by molar-refractivity contribution is -0.132. The smallest absolute Gasteiger partial charge is 0.219 e. The van der Waals surface area contributed by atoms with Crippen LogP contribution in [0.3, 0.4) is 0 Å². The minimum atomic E-state index is 0.189. The molecule has 2 rings (SSSR count). The van der Waals surface area contributed by atoms with E-state index in [2.05, 4.69) is 43.0 Å². The summed E-state index contributed by atoms with van der Waals surface area (Å²) in [4.78, 5) is 15.8. The van der Waals surface area contributed by atoms with Crippen molar-refractivity contribution in [2.24, 2.45) is 0 Å². The second-order valence-corrected chi connectivity index (χ2v) is 5.14. The number of hydrogen-bond donors (Lipinski definition) is 0. The van der Waals surface area contributed by atoms with Crippen molar-refractivity contribution in [3.63, 3.8) is 0 Å². The molecule has 1 amide bonds. The average Bonchev–Trinajstić information content (AvgIpc) is 2.38. The van der Waals surface area contributed by atoms with Crippen LogP contribution in [0.5, 0.6) is 0 Å². The van der Waals surface area contributed by atoms with Gasteiger partial charge in [0.1, 0.15) is 0 Å². The molecule has 18 heavy (non-hydrogen) atoms. The molecule has 0 bridgehead atoms. The van der Waals surface area contributed by atoms with Crippen LogP contribution in [0, 0.1) is 0 Å². The minimum Gasteiger partial charge on any atom is -0.340 e. The first-order valence-electron chi connectivity index (χ1n) is 6.66. The topological polar surface area (TPSA) is 23.6 Å². The highest BCUT2D eigenvalue weighted by Gasteiger charge is 2.28. The lowest BCUT2D eigenvalue weighted by Crippen LogP contribution is -2.53. The molecule has 1 aliphatic heterocycles. The van der Waals surface area contributed by atoms with Gasteiger partial charge < -0.3 is 4.90 Å². The van der Waals surface area contributed by atoms with E-state index in [0.29, 0.717) is 12.1 Å². The van der Waals surface area contributed by atoms with Gasteiger partial charge in [0, 0.05) is 38.6 Å². The van der Waals surface area contributed by atoms with Crippen LogP contribution in [0.1, 0.15) is 32.4 Å². The number of carbonyl (C=O) groups is 1. The first-order chi connectivity index (χ1) is 8.59. The van der Waals surface area contributed by atoms with Gasteiger partial charge in [0.2, 0.25) is 5.91 Å². The normalized spacial score (nSPS) is 22.8. The second-order valence-electron chi connectivity index (χ2n) is 5.14. The van der Waals surface area contributed by atoms with Crippen LogP contribution in [-0.2, 0) is 4.79 Å². The highest BCUT2D eigenvalue weighted by Crippen LogP contribution is 2.24. The van der Waals surface area contributed by atoms with E-state index in [1.165, 1.54) is 5.56 Å². The van der Waals surface area contributed by atoms with Crippen molar-refractivity contribution in [1.82, 2.24) is 9.80 Å². The van der Waals surface area contributed by atoms with Gasteiger partial charge in [0.05, 0.1) is 0 Å². The van der Waals surface area contributed by atoms with Crippen LogP contribution in [-0.4, -0.2) is 41.4 Å². The standard InChI is InChI=1S/C15H22N2O/c1-12-11-16(14(3)18)9-10-17(12)13(2)15-7-5-4-6-8-15/h4-8,12-13H,9-11H2,1-3H3/t12-,13-/m0/s1. The molecule has 1 heterocycles. The lowest BCUT2D eigenvalue weighted by Gasteiger charge is -2.42. The first kappa shape index (κ1) is 13.1. The van der Waals surface area contributed by atoms with Crippen LogP contribution < -0.4 is 0 Å². The third-order valence-electron chi connectivity index (χ3n) is 3.90. The molecule has 0 radical (unpaired) electrons. The van der Waals surface area contributed by atoms with Crippen LogP contribution in [0.4, 0.5) is 0 Å². The zero-order valence-corrected chi connectivity index (χ0v) is 11.5. The van der Waals surface area contributed by atoms with Crippen LogP contribution in [0.2, 0.25) is 0 Å². The van der Waals surface area contributed by atoms with Crippen LogP contribution >= 0.6 is 0 Å². The average molecular weight is 246 g/mol. The number of amides is 1. The number of hydrogen-bond acceptors (Lipinski definition) is 2. The molecule has 0 N–H and O–H groups in total. The van der Waals surface area contributed by atoms with Gasteiger partial charge in [0.15, 0.2) is 0 Å². The van der Waals surface area contributed by atoms with Gasteiger partial charge in [-0.25, -0.2) is 0 Å². The molecule has 3 nitrogen and oxygen atoms in total. The molecule has 1 aromatic carbocycles. The fourth-order valence-corrected chi connectivity index (χ4v) is 2.76. The molecule has 0 spiro atoms. The zero-order valence-electron chi connectivity index (χ0n) is 11.5. The SMILES string of the molecule is CC(=O)N1CCN([C@@H](C)c2ccccc2)[C@@H](C)C1. The van der Waals surface area contributed by atoms with Crippen LogP contribution in [0.25, 0.3) is 0 Å². The summed E-state index contributed by atoms with van der Waals surface area (Å²) < 4.78 is 0. The maximum atomic E-state index is 11.4. The van der Waals surface area contributed by atoms with E-state index in [-0.39, 0.29) is 5.91 Å². The lowest BCUT2D eigenvalue weighted by atomic mass is 10.0. The van der Waals surface area contributed by atoms with Gasteiger partial charge in [0.25, 0.3) is 0 Å². The summed E-state index contributed by atoms with van der Waals surface area (Å²) in [6.45, 7) is 8.74. The number of rotatable bonds is 2. The van der Waals surface area contributed by atoms with Gasteiger partial charge in [-0.2, -0.15) is 0 Å². The van der Waals surface area contributed by atoms with Crippen LogP contribution in [0.15, 0.2) is 30.3 Å². The van der Waals surface area contributed by atoms with Crippen molar-refractivity contribution >= 4 is 5.91 Å². The van der Waals surface area contributed by atoms with Gasteiger partial charge in [-0.3, -0.25) is 9.69 Å². The number of carbonyl (C=O) groups excluding carboxylic acids is 1. The highest BCUT2D eigenvalue weighted by molar-refractivity contribution is 5.73. The molecule has 1 fully saturated rings. The van der Waals surface area contributed by atoms with E-state index in [1.807, 2.05) is 11.0 Å². The maximum absolute atomic E-state index is 11.4. The molecule has 0 aliphatic carbocycles. The van der Waals surface area contributed by atoms with E-state index in [9.17, 15) is 4.79 Å². The first-order valence-corrected chi connectivity index (χ1v) is 6.66. The predicted molar refractivity (Wildman–Crippen MR) is 73.3 cm³/mol. The molecule has 3 heteroatoms. The zero-order chi connectivity index (χ0) is 13.1. The fraction of sp³-hybridized carbons (Fsp3) is 0.533. The van der Waals surface area contributed by atoms with Gasteiger partial charge >= 0.3 is 0 Å². The van der Waals surface area contributed by atoms with E-state index < -0.39 is 0 Å². The van der Waals surface area contributed by atoms with Crippen molar-refractivity contribution in [2.75, 3.05) is 19.6 Å². The van der Waals surface area contributed by atoms with Gasteiger partial charge in [-0.15, -0.1) is 0 Å². The Morgan fingerprint density at radius 2 is 1.94 bits per heavy atom. The van der Waals surface area contributed by atoms with E-state index in [0.717, 1.165) is 19.6 Å².